The molecular formula is C34H29ClF6N8O6. The summed E-state index contributed by atoms with van der Waals surface area (Å²) in [6, 6.07) is 12.0. The fourth-order valence-corrected chi connectivity index (χ4v) is 5.69. The van der Waals surface area contributed by atoms with Crippen LogP contribution < -0.4 is 10.4 Å². The fourth-order valence-electron chi connectivity index (χ4n) is 5.57. The number of aliphatic hydroxyl groups is 1. The molecule has 1 aliphatic rings. The number of nitrogens with zero attached hydrogens (tertiary/aromatic N) is 8. The van der Waals surface area contributed by atoms with E-state index in [2.05, 4.69) is 24.9 Å². The maximum atomic E-state index is 13.8. The van der Waals surface area contributed by atoms with Crippen molar-refractivity contribution in [3.63, 3.8) is 0 Å². The molecule has 1 unspecified atom stereocenters. The van der Waals surface area contributed by atoms with Crippen molar-refractivity contribution >= 4 is 23.4 Å². The molecule has 3 aromatic heterocycles. The van der Waals surface area contributed by atoms with Gasteiger partial charge >= 0.3 is 18.2 Å². The molecule has 1 N–H and O–H groups in total. The van der Waals surface area contributed by atoms with Crippen LogP contribution in [-0.4, -0.2) is 86.8 Å². The summed E-state index contributed by atoms with van der Waals surface area (Å²) in [4.78, 5) is 50.5. The van der Waals surface area contributed by atoms with Gasteiger partial charge in [0.1, 0.15) is 12.6 Å². The zero-order chi connectivity index (χ0) is 40.0. The Morgan fingerprint density at radius 2 is 1.51 bits per heavy atom. The van der Waals surface area contributed by atoms with Crippen LogP contribution in [0.25, 0.3) is 17.2 Å². The monoisotopic (exact) mass is 794 g/mol. The van der Waals surface area contributed by atoms with Crippen molar-refractivity contribution in [1.29, 1.82) is 0 Å². The van der Waals surface area contributed by atoms with Gasteiger partial charge in [-0.3, -0.25) is 19.1 Å². The van der Waals surface area contributed by atoms with Crippen LogP contribution in [0.1, 0.15) is 59.2 Å². The van der Waals surface area contributed by atoms with Crippen LogP contribution >= 0.6 is 11.6 Å². The number of alkyl halides is 6. The number of hydrogen-bond acceptors (Lipinski definition) is 10. The number of carbonyl (C=O) groups is 2. The van der Waals surface area contributed by atoms with Crippen LogP contribution in [0.4, 0.5) is 26.3 Å². The molecule has 2 aromatic carbocycles. The first kappa shape index (κ1) is 39.1. The van der Waals surface area contributed by atoms with Gasteiger partial charge in [-0.15, -0.1) is 23.4 Å². The maximum absolute atomic E-state index is 13.8. The first-order valence-electron chi connectivity index (χ1n) is 16.2. The summed E-state index contributed by atoms with van der Waals surface area (Å²) >= 11 is 5.97. The van der Waals surface area contributed by atoms with Crippen LogP contribution in [0.5, 0.6) is 5.75 Å². The van der Waals surface area contributed by atoms with Gasteiger partial charge in [0.05, 0.1) is 29.9 Å². The van der Waals surface area contributed by atoms with E-state index in [-0.39, 0.29) is 39.2 Å². The summed E-state index contributed by atoms with van der Waals surface area (Å²) in [6.45, 7) is 2.59. The van der Waals surface area contributed by atoms with Gasteiger partial charge in [0, 0.05) is 16.8 Å². The predicted octanol–water partition coefficient (Wildman–Crippen LogP) is 5.36. The maximum Gasteiger partial charge on any atom is 0.573 e. The largest absolute Gasteiger partial charge is 0.573 e. The summed E-state index contributed by atoms with van der Waals surface area (Å²) in [6.07, 6.45) is -12.2. The lowest BCUT2D eigenvalue weighted by molar-refractivity contribution is -0.274. The second kappa shape index (κ2) is 14.6. The van der Waals surface area contributed by atoms with E-state index >= 15 is 0 Å². The van der Waals surface area contributed by atoms with Crippen molar-refractivity contribution in [2.75, 3.05) is 6.61 Å². The first-order chi connectivity index (χ1) is 25.7. The Bertz CT molecular complexity index is 2260. The van der Waals surface area contributed by atoms with Crippen molar-refractivity contribution in [1.82, 2.24) is 39.0 Å². The van der Waals surface area contributed by atoms with Crippen molar-refractivity contribution in [3.05, 3.63) is 105 Å². The van der Waals surface area contributed by atoms with Gasteiger partial charge in [0.15, 0.2) is 35.1 Å². The SMILES string of the molecule is CC(C)(C)OCC(c1nc(Cn2nc(-c3ccc(Cl)cc3)n(C[C@H](O)C(F)(F)F)c2=O)nn1-c1ncccc1OC(F)(F)F)N1C(=O)c2ccccc2C1=O. The molecule has 0 saturated heterocycles. The van der Waals surface area contributed by atoms with E-state index in [4.69, 9.17) is 16.3 Å². The lowest BCUT2D eigenvalue weighted by Crippen LogP contribution is -2.39. The third-order valence-electron chi connectivity index (χ3n) is 8.01. The Labute approximate surface area is 311 Å². The molecule has 0 fully saturated rings. The number of ether oxygens (including phenoxy) is 2. The number of imide groups is 1. The average molecular weight is 795 g/mol. The molecule has 14 nitrogen and oxygen atoms in total. The number of fused-ring (bicyclic) bond motifs is 1. The Balaban J connectivity index is 1.53. The smallest absolute Gasteiger partial charge is 0.402 e. The molecule has 6 rings (SSSR count). The first-order valence-corrected chi connectivity index (χ1v) is 16.6. The Morgan fingerprint density at radius 3 is 2.09 bits per heavy atom. The van der Waals surface area contributed by atoms with Gasteiger partial charge < -0.3 is 14.6 Å². The van der Waals surface area contributed by atoms with E-state index in [1.165, 1.54) is 48.5 Å². The van der Waals surface area contributed by atoms with E-state index in [9.17, 15) is 45.8 Å². The van der Waals surface area contributed by atoms with Crippen LogP contribution in [-0.2, 0) is 17.8 Å². The molecule has 5 aromatic rings. The summed E-state index contributed by atoms with van der Waals surface area (Å²) in [5, 5.41) is 18.6. The topological polar surface area (TPSA) is 159 Å². The molecule has 2 atom stereocenters. The number of halogens is 7. The average Bonchev–Trinajstić information content (AvgIpc) is 3.73. The second-order valence-electron chi connectivity index (χ2n) is 13.1. The summed E-state index contributed by atoms with van der Waals surface area (Å²) in [5.74, 6) is -4.07. The highest BCUT2D eigenvalue weighted by Crippen LogP contribution is 2.35. The molecule has 290 valence electrons. The number of carbonyl (C=O) groups excluding carboxylic acids is 2. The standard InChI is InChI=1S/C34H29ClF6N8O6/c1-32(2,3)54-17-22(48-29(51)20-7-4-5-8-21(20)30(48)52)27-43-25(44-49(27)28-23(9-6-14-42-28)55-34(39,40)41)16-47-31(53)46(15-24(50)33(36,37)38)26(45-47)18-10-12-19(35)13-11-18/h4-14,22,24,50H,15-17H2,1-3H3/t22?,24-/m0/s1. The number of benzene rings is 2. The van der Waals surface area contributed by atoms with Crippen molar-refractivity contribution in [2.24, 2.45) is 0 Å². The van der Waals surface area contributed by atoms with Crippen LogP contribution in [0, 0.1) is 0 Å². The molecule has 0 radical (unpaired) electrons. The highest BCUT2D eigenvalue weighted by Gasteiger charge is 2.44. The predicted molar refractivity (Wildman–Crippen MR) is 179 cm³/mol. The normalized spacial score (nSPS) is 14.7. The number of amides is 2. The number of hydrogen-bond donors (Lipinski definition) is 1. The number of pyridine rings is 1. The molecule has 4 heterocycles. The van der Waals surface area contributed by atoms with E-state index in [1.807, 2.05) is 0 Å². The minimum atomic E-state index is -5.21. The van der Waals surface area contributed by atoms with Gasteiger partial charge in [0.2, 0.25) is 0 Å². The Hall–Kier alpha value is -5.60. The fraction of sp³-hybridized carbons (Fsp3) is 0.324. The minimum Gasteiger partial charge on any atom is -0.402 e. The van der Waals surface area contributed by atoms with Crippen molar-refractivity contribution in [3.8, 4) is 23.0 Å². The van der Waals surface area contributed by atoms with Crippen LogP contribution in [0.2, 0.25) is 5.02 Å². The van der Waals surface area contributed by atoms with E-state index < -0.39 is 79.1 Å². The lowest BCUT2D eigenvalue weighted by Gasteiger charge is -2.29. The quantitative estimate of drug-likeness (QED) is 0.136. The third-order valence-corrected chi connectivity index (χ3v) is 8.26. The summed E-state index contributed by atoms with van der Waals surface area (Å²) < 4.78 is 93.4. The van der Waals surface area contributed by atoms with Crippen LogP contribution in [0.3, 0.4) is 0 Å². The molecule has 0 spiro atoms. The highest BCUT2D eigenvalue weighted by molar-refractivity contribution is 6.30. The minimum absolute atomic E-state index is 0.0337. The van der Waals surface area contributed by atoms with E-state index in [1.54, 1.807) is 20.8 Å². The summed E-state index contributed by atoms with van der Waals surface area (Å²) in [7, 11) is 0. The Morgan fingerprint density at radius 1 is 0.873 bits per heavy atom. The van der Waals surface area contributed by atoms with E-state index in [0.717, 1.165) is 27.9 Å². The molecule has 0 bridgehead atoms. The summed E-state index contributed by atoms with van der Waals surface area (Å²) in [5.41, 5.74) is -1.84. The zero-order valence-corrected chi connectivity index (χ0v) is 29.6. The van der Waals surface area contributed by atoms with Crippen molar-refractivity contribution < 1.29 is 50.5 Å². The van der Waals surface area contributed by atoms with Gasteiger partial charge in [-0.2, -0.15) is 17.9 Å². The molecular weight excluding hydrogens is 766 g/mol. The van der Waals surface area contributed by atoms with Gasteiger partial charge in [-0.1, -0.05) is 23.7 Å². The van der Waals surface area contributed by atoms with Gasteiger partial charge in [-0.05, 0) is 69.3 Å². The molecule has 2 amide bonds. The molecule has 21 heteroatoms. The third kappa shape index (κ3) is 8.40. The second-order valence-corrected chi connectivity index (χ2v) is 13.5. The van der Waals surface area contributed by atoms with Crippen molar-refractivity contribution in [2.45, 2.75) is 64.1 Å². The highest BCUT2D eigenvalue weighted by atomic mass is 35.5. The number of aromatic nitrogens is 7. The van der Waals surface area contributed by atoms with Gasteiger partial charge in [0.25, 0.3) is 11.8 Å². The van der Waals surface area contributed by atoms with Gasteiger partial charge in [-0.25, -0.2) is 19.4 Å². The Kier molecular flexibility index (Phi) is 10.4. The van der Waals surface area contributed by atoms with Crippen LogP contribution in [0.15, 0.2) is 71.7 Å². The van der Waals surface area contributed by atoms with E-state index in [0.29, 0.717) is 9.25 Å². The molecule has 0 saturated carbocycles. The number of rotatable bonds is 11. The number of aliphatic hydroxyl groups excluding tert-OH is 1. The molecule has 0 aliphatic carbocycles. The lowest BCUT2D eigenvalue weighted by atomic mass is 10.1. The molecule has 1 aliphatic heterocycles. The molecule has 55 heavy (non-hydrogen) atoms. The zero-order valence-electron chi connectivity index (χ0n) is 28.8.